The quantitative estimate of drug-likeness (QED) is 0.911. The number of anilines is 1. The van der Waals surface area contributed by atoms with E-state index in [1.807, 2.05) is 0 Å². The smallest absolute Gasteiger partial charge is 0.309 e. The first-order valence-corrected chi connectivity index (χ1v) is 6.15. The van der Waals surface area contributed by atoms with Gasteiger partial charge in [0.2, 0.25) is 0 Å². The molecule has 2 rings (SSSR count). The largest absolute Gasteiger partial charge is 0.481 e. The molecule has 0 aliphatic heterocycles. The highest BCUT2D eigenvalue weighted by atomic mass is 35.5. The van der Waals surface area contributed by atoms with Gasteiger partial charge < -0.3 is 10.8 Å². The van der Waals surface area contributed by atoms with Crippen LogP contribution in [0.15, 0.2) is 30.3 Å². The minimum Gasteiger partial charge on any atom is -0.481 e. The zero-order chi connectivity index (χ0) is 14.0. The minimum absolute atomic E-state index is 0.161. The van der Waals surface area contributed by atoms with Gasteiger partial charge in [-0.15, -0.1) is 0 Å². The van der Waals surface area contributed by atoms with Crippen molar-refractivity contribution < 1.29 is 9.90 Å². The van der Waals surface area contributed by atoms with Crippen LogP contribution in [0.2, 0.25) is 10.0 Å². The summed E-state index contributed by atoms with van der Waals surface area (Å²) in [6.45, 7) is 0. The van der Waals surface area contributed by atoms with Gasteiger partial charge in [0.15, 0.2) is 0 Å². The maximum absolute atomic E-state index is 10.6. The van der Waals surface area contributed by atoms with E-state index in [9.17, 15) is 4.79 Å². The van der Waals surface area contributed by atoms with E-state index in [2.05, 4.69) is 4.98 Å². The number of carboxylic acids is 1. The second kappa shape index (κ2) is 5.47. The number of aliphatic carboxylic acids is 1. The Morgan fingerprint density at radius 3 is 2.53 bits per heavy atom. The first-order chi connectivity index (χ1) is 8.97. The molecule has 0 fully saturated rings. The molecule has 0 radical (unpaired) electrons. The van der Waals surface area contributed by atoms with Crippen molar-refractivity contribution >= 4 is 35.0 Å². The average Bonchev–Trinajstić information content (AvgIpc) is 2.32. The summed E-state index contributed by atoms with van der Waals surface area (Å²) in [6, 6.07) is 8.49. The summed E-state index contributed by atoms with van der Waals surface area (Å²) in [4.78, 5) is 14.7. The summed E-state index contributed by atoms with van der Waals surface area (Å²) in [6.07, 6.45) is -0.161. The van der Waals surface area contributed by atoms with E-state index in [4.69, 9.17) is 34.0 Å². The lowest BCUT2D eigenvalue weighted by molar-refractivity contribution is -0.136. The maximum atomic E-state index is 10.6. The number of benzene rings is 1. The van der Waals surface area contributed by atoms with Crippen molar-refractivity contribution in [3.05, 3.63) is 46.1 Å². The summed E-state index contributed by atoms with van der Waals surface area (Å²) in [5.41, 5.74) is 7.71. The molecule has 0 saturated carbocycles. The molecule has 1 heterocycles. The molecule has 0 spiro atoms. The molecule has 0 unspecified atom stereocenters. The van der Waals surface area contributed by atoms with E-state index >= 15 is 0 Å². The third-order valence-corrected chi connectivity index (χ3v) is 3.28. The van der Waals surface area contributed by atoms with E-state index in [0.29, 0.717) is 21.3 Å². The van der Waals surface area contributed by atoms with Gasteiger partial charge in [0.05, 0.1) is 22.2 Å². The molecule has 4 nitrogen and oxygen atoms in total. The number of hydrogen-bond acceptors (Lipinski definition) is 3. The molecule has 0 atom stereocenters. The molecule has 2 aromatic rings. The normalized spacial score (nSPS) is 10.4. The van der Waals surface area contributed by atoms with Crippen molar-refractivity contribution in [2.75, 3.05) is 5.73 Å². The minimum atomic E-state index is -0.950. The third kappa shape index (κ3) is 3.16. The van der Waals surface area contributed by atoms with E-state index in [-0.39, 0.29) is 12.2 Å². The van der Waals surface area contributed by atoms with E-state index < -0.39 is 5.97 Å². The Labute approximate surface area is 119 Å². The number of carbonyl (C=O) groups is 1. The summed E-state index contributed by atoms with van der Waals surface area (Å²) < 4.78 is 0. The van der Waals surface area contributed by atoms with Crippen molar-refractivity contribution in [1.29, 1.82) is 0 Å². The number of halogens is 2. The second-order valence-electron chi connectivity index (χ2n) is 3.93. The van der Waals surface area contributed by atoms with Gasteiger partial charge in [0.1, 0.15) is 5.82 Å². The van der Waals surface area contributed by atoms with Crippen molar-refractivity contribution in [2.45, 2.75) is 6.42 Å². The zero-order valence-corrected chi connectivity index (χ0v) is 11.2. The van der Waals surface area contributed by atoms with Gasteiger partial charge >= 0.3 is 5.97 Å². The van der Waals surface area contributed by atoms with Crippen LogP contribution in [0.5, 0.6) is 0 Å². The van der Waals surface area contributed by atoms with Gasteiger partial charge in [-0.2, -0.15) is 0 Å². The summed E-state index contributed by atoms with van der Waals surface area (Å²) in [7, 11) is 0. The first-order valence-electron chi connectivity index (χ1n) is 5.40. The predicted molar refractivity (Wildman–Crippen MR) is 75.4 cm³/mol. The molecule has 0 bridgehead atoms. The first kappa shape index (κ1) is 13.6. The third-order valence-electron chi connectivity index (χ3n) is 2.55. The van der Waals surface area contributed by atoms with Crippen LogP contribution in [0.25, 0.3) is 11.1 Å². The molecule has 6 heteroatoms. The number of nitrogen functional groups attached to an aromatic ring is 1. The van der Waals surface area contributed by atoms with Crippen LogP contribution in [0.1, 0.15) is 5.69 Å². The van der Waals surface area contributed by atoms with Crippen molar-refractivity contribution in [3.63, 3.8) is 0 Å². The van der Waals surface area contributed by atoms with Gasteiger partial charge in [-0.05, 0) is 29.8 Å². The Kier molecular flexibility index (Phi) is 3.93. The fourth-order valence-corrected chi connectivity index (χ4v) is 1.98. The molecule has 0 aliphatic carbocycles. The maximum Gasteiger partial charge on any atom is 0.309 e. The number of aromatic nitrogens is 1. The second-order valence-corrected chi connectivity index (χ2v) is 4.75. The highest BCUT2D eigenvalue weighted by Crippen LogP contribution is 2.30. The van der Waals surface area contributed by atoms with Crippen LogP contribution in [0.3, 0.4) is 0 Å². The Bertz CT molecular complexity index is 645. The van der Waals surface area contributed by atoms with Gasteiger partial charge in [-0.3, -0.25) is 4.79 Å². The summed E-state index contributed by atoms with van der Waals surface area (Å²) in [5, 5.41) is 9.58. The molecule has 1 aromatic heterocycles. The molecular formula is C13H10Cl2N2O2. The van der Waals surface area contributed by atoms with Crippen LogP contribution >= 0.6 is 23.2 Å². The average molecular weight is 297 g/mol. The molecule has 0 amide bonds. The van der Waals surface area contributed by atoms with E-state index in [1.165, 1.54) is 0 Å². The van der Waals surface area contributed by atoms with Crippen LogP contribution in [-0.4, -0.2) is 16.1 Å². The Morgan fingerprint density at radius 1 is 1.21 bits per heavy atom. The van der Waals surface area contributed by atoms with Gasteiger partial charge in [0.25, 0.3) is 0 Å². The fraction of sp³-hybridized carbons (Fsp3) is 0.0769. The van der Waals surface area contributed by atoms with Gasteiger partial charge in [-0.1, -0.05) is 29.3 Å². The number of hydrogen-bond donors (Lipinski definition) is 2. The molecule has 0 aliphatic rings. The van der Waals surface area contributed by atoms with Crippen LogP contribution in [-0.2, 0) is 11.2 Å². The highest BCUT2D eigenvalue weighted by Gasteiger charge is 2.09. The van der Waals surface area contributed by atoms with Gasteiger partial charge in [0, 0.05) is 5.56 Å². The summed E-state index contributed by atoms with van der Waals surface area (Å²) in [5.74, 6) is -0.689. The molecular weight excluding hydrogens is 287 g/mol. The number of pyridine rings is 1. The number of nitrogens with two attached hydrogens (primary N) is 1. The Morgan fingerprint density at radius 2 is 1.95 bits per heavy atom. The van der Waals surface area contributed by atoms with Crippen LogP contribution < -0.4 is 5.73 Å². The zero-order valence-electron chi connectivity index (χ0n) is 9.73. The van der Waals surface area contributed by atoms with Crippen molar-refractivity contribution in [3.8, 4) is 11.1 Å². The molecule has 0 saturated heterocycles. The Hall–Kier alpha value is -1.78. The standard InChI is InChI=1S/C13H10Cl2N2O2/c14-10-4-1-7(5-11(10)15)9-3-2-8(6-12(18)19)17-13(9)16/h1-5H,6H2,(H2,16,17)(H,18,19). The van der Waals surface area contributed by atoms with Crippen molar-refractivity contribution in [1.82, 2.24) is 4.98 Å². The molecule has 3 N–H and O–H groups in total. The topological polar surface area (TPSA) is 76.2 Å². The summed E-state index contributed by atoms with van der Waals surface area (Å²) >= 11 is 11.8. The predicted octanol–water partition coefficient (Wildman–Crippen LogP) is 3.26. The number of nitrogens with zero attached hydrogens (tertiary/aromatic N) is 1. The fourth-order valence-electron chi connectivity index (χ4n) is 1.68. The monoisotopic (exact) mass is 296 g/mol. The lowest BCUT2D eigenvalue weighted by atomic mass is 10.1. The van der Waals surface area contributed by atoms with Crippen LogP contribution in [0.4, 0.5) is 5.82 Å². The number of carboxylic acid groups (broad SMARTS) is 1. The molecule has 19 heavy (non-hydrogen) atoms. The SMILES string of the molecule is Nc1nc(CC(=O)O)ccc1-c1ccc(Cl)c(Cl)c1. The van der Waals surface area contributed by atoms with Crippen LogP contribution in [0, 0.1) is 0 Å². The van der Waals surface area contributed by atoms with Crippen molar-refractivity contribution in [2.24, 2.45) is 0 Å². The Balaban J connectivity index is 2.40. The van der Waals surface area contributed by atoms with E-state index in [0.717, 1.165) is 5.56 Å². The van der Waals surface area contributed by atoms with E-state index in [1.54, 1.807) is 30.3 Å². The van der Waals surface area contributed by atoms with Gasteiger partial charge in [-0.25, -0.2) is 4.98 Å². The molecule has 1 aromatic carbocycles. The highest BCUT2D eigenvalue weighted by molar-refractivity contribution is 6.42. The lowest BCUT2D eigenvalue weighted by Gasteiger charge is -2.08. The molecule has 98 valence electrons. The lowest BCUT2D eigenvalue weighted by Crippen LogP contribution is -2.04. The number of rotatable bonds is 3.